The number of nitrogens with two attached hydrogens (primary N) is 1. The molecule has 1 aliphatic rings. The smallest absolute Gasteiger partial charge is 0.267 e. The van der Waals surface area contributed by atoms with E-state index in [0.717, 1.165) is 24.4 Å². The van der Waals surface area contributed by atoms with Gasteiger partial charge in [-0.1, -0.05) is 16.7 Å². The minimum atomic E-state index is -0.00579. The fourth-order valence-electron chi connectivity index (χ4n) is 1.47. The summed E-state index contributed by atoms with van der Waals surface area (Å²) in [6.45, 7) is 0.594. The van der Waals surface area contributed by atoms with Gasteiger partial charge >= 0.3 is 0 Å². The summed E-state index contributed by atoms with van der Waals surface area (Å²) in [5.41, 5.74) is 5.45. The van der Waals surface area contributed by atoms with Crippen molar-refractivity contribution in [3.05, 3.63) is 11.1 Å². The van der Waals surface area contributed by atoms with E-state index in [-0.39, 0.29) is 5.91 Å². The molecule has 0 radical (unpaired) electrons. The lowest BCUT2D eigenvalue weighted by atomic mass is 10.3. The van der Waals surface area contributed by atoms with Crippen LogP contribution in [0.5, 0.6) is 0 Å². The van der Waals surface area contributed by atoms with Crippen LogP contribution in [0.15, 0.2) is 6.20 Å². The van der Waals surface area contributed by atoms with Gasteiger partial charge in [-0.2, -0.15) is 0 Å². The Labute approximate surface area is 103 Å². The highest BCUT2D eigenvalue weighted by atomic mass is 32.1. The standard InChI is InChI=1S/C9H12N4OS2/c10-8(15)3-4-13(6-1-2-6)9(14)7-5-11-12-16-7/h5-6H,1-4H2,(H2,10,15). The molecule has 0 saturated heterocycles. The summed E-state index contributed by atoms with van der Waals surface area (Å²) < 4.78 is 3.69. The molecule has 2 N–H and O–H groups in total. The second-order valence-corrected chi connectivity index (χ2v) is 5.04. The molecular formula is C9H12N4OS2. The number of rotatable bonds is 5. The predicted octanol–water partition coefficient (Wildman–Crippen LogP) is 0.819. The van der Waals surface area contributed by atoms with E-state index in [4.69, 9.17) is 18.0 Å². The first kappa shape index (κ1) is 11.4. The van der Waals surface area contributed by atoms with Gasteiger partial charge in [-0.15, -0.1) is 5.10 Å². The lowest BCUT2D eigenvalue weighted by Gasteiger charge is -2.20. The van der Waals surface area contributed by atoms with Crippen molar-refractivity contribution in [3.8, 4) is 0 Å². The van der Waals surface area contributed by atoms with E-state index in [2.05, 4.69) is 9.59 Å². The predicted molar refractivity (Wildman–Crippen MR) is 65.4 cm³/mol. The Hall–Kier alpha value is -1.08. The van der Waals surface area contributed by atoms with Gasteiger partial charge in [0.05, 0.1) is 11.2 Å². The van der Waals surface area contributed by atoms with E-state index in [1.807, 2.05) is 4.90 Å². The molecule has 0 bridgehead atoms. The molecule has 1 saturated carbocycles. The van der Waals surface area contributed by atoms with E-state index < -0.39 is 0 Å². The quantitative estimate of drug-likeness (QED) is 0.790. The molecule has 7 heteroatoms. The minimum Gasteiger partial charge on any atom is -0.393 e. The normalized spacial score (nSPS) is 14.8. The number of carbonyl (C=O) groups excluding carboxylic acids is 1. The Balaban J connectivity index is 2.01. The zero-order chi connectivity index (χ0) is 11.5. The van der Waals surface area contributed by atoms with E-state index in [1.54, 1.807) is 0 Å². The number of carbonyl (C=O) groups is 1. The van der Waals surface area contributed by atoms with Gasteiger partial charge in [0.1, 0.15) is 4.88 Å². The van der Waals surface area contributed by atoms with Crippen molar-refractivity contribution in [2.45, 2.75) is 25.3 Å². The van der Waals surface area contributed by atoms with Crippen LogP contribution in [-0.2, 0) is 0 Å². The summed E-state index contributed by atoms with van der Waals surface area (Å²) in [7, 11) is 0. The Morgan fingerprint density at radius 1 is 1.69 bits per heavy atom. The van der Waals surface area contributed by atoms with E-state index in [0.29, 0.717) is 28.9 Å². The maximum atomic E-state index is 12.1. The van der Waals surface area contributed by atoms with Gasteiger partial charge in [0.15, 0.2) is 0 Å². The molecule has 1 heterocycles. The summed E-state index contributed by atoms with van der Waals surface area (Å²) in [6.07, 6.45) is 4.21. The lowest BCUT2D eigenvalue weighted by molar-refractivity contribution is 0.0752. The van der Waals surface area contributed by atoms with Crippen LogP contribution in [0.1, 0.15) is 28.9 Å². The van der Waals surface area contributed by atoms with Crippen LogP contribution in [-0.4, -0.2) is 38.0 Å². The fourth-order valence-corrected chi connectivity index (χ4v) is 2.03. The van der Waals surface area contributed by atoms with Crippen LogP contribution in [0.4, 0.5) is 0 Å². The van der Waals surface area contributed by atoms with Crippen molar-refractivity contribution in [2.24, 2.45) is 5.73 Å². The summed E-state index contributed by atoms with van der Waals surface area (Å²) in [4.78, 5) is 14.9. The molecule has 0 aromatic carbocycles. The van der Waals surface area contributed by atoms with Gasteiger partial charge in [0.25, 0.3) is 5.91 Å². The number of hydrogen-bond acceptors (Lipinski definition) is 5. The second-order valence-electron chi connectivity index (χ2n) is 3.73. The van der Waals surface area contributed by atoms with Gasteiger partial charge < -0.3 is 10.6 Å². The number of amides is 1. The van der Waals surface area contributed by atoms with Gasteiger partial charge in [-0.05, 0) is 24.4 Å². The minimum absolute atomic E-state index is 0.00579. The molecule has 1 fully saturated rings. The molecule has 1 aromatic rings. The van der Waals surface area contributed by atoms with Crippen molar-refractivity contribution in [3.63, 3.8) is 0 Å². The van der Waals surface area contributed by atoms with Gasteiger partial charge in [-0.25, -0.2) is 0 Å². The molecule has 2 rings (SSSR count). The average Bonchev–Trinajstić information content (AvgIpc) is 2.93. The SMILES string of the molecule is NC(=S)CCN(C(=O)c1cnns1)C1CC1. The second kappa shape index (κ2) is 4.84. The third kappa shape index (κ3) is 2.73. The summed E-state index contributed by atoms with van der Waals surface area (Å²) in [5, 5.41) is 3.67. The van der Waals surface area contributed by atoms with Crippen LogP contribution >= 0.6 is 23.8 Å². The van der Waals surface area contributed by atoms with Crippen molar-refractivity contribution in [2.75, 3.05) is 6.54 Å². The van der Waals surface area contributed by atoms with Crippen LogP contribution < -0.4 is 5.73 Å². The first-order valence-electron chi connectivity index (χ1n) is 5.05. The molecular weight excluding hydrogens is 244 g/mol. The number of nitrogens with zero attached hydrogens (tertiary/aromatic N) is 3. The Morgan fingerprint density at radius 2 is 2.44 bits per heavy atom. The first-order chi connectivity index (χ1) is 7.68. The molecule has 0 unspecified atom stereocenters. The lowest BCUT2D eigenvalue weighted by Crippen LogP contribution is -2.35. The van der Waals surface area contributed by atoms with E-state index in [9.17, 15) is 4.79 Å². The average molecular weight is 256 g/mol. The van der Waals surface area contributed by atoms with Crippen molar-refractivity contribution in [1.82, 2.24) is 14.5 Å². The third-order valence-corrected chi connectivity index (χ3v) is 3.28. The highest BCUT2D eigenvalue weighted by Crippen LogP contribution is 2.28. The molecule has 0 spiro atoms. The molecule has 1 aromatic heterocycles. The molecule has 16 heavy (non-hydrogen) atoms. The maximum absolute atomic E-state index is 12.1. The largest absolute Gasteiger partial charge is 0.393 e. The molecule has 1 aliphatic carbocycles. The van der Waals surface area contributed by atoms with Crippen molar-refractivity contribution < 1.29 is 4.79 Å². The number of thiocarbonyl (C=S) groups is 1. The van der Waals surface area contributed by atoms with Crippen LogP contribution in [0.25, 0.3) is 0 Å². The van der Waals surface area contributed by atoms with Crippen LogP contribution in [0.3, 0.4) is 0 Å². The monoisotopic (exact) mass is 256 g/mol. The first-order valence-corrected chi connectivity index (χ1v) is 6.23. The van der Waals surface area contributed by atoms with Gasteiger partial charge in [-0.3, -0.25) is 4.79 Å². The molecule has 0 aliphatic heterocycles. The number of aromatic nitrogens is 2. The third-order valence-electron chi connectivity index (χ3n) is 2.42. The van der Waals surface area contributed by atoms with Gasteiger partial charge in [0, 0.05) is 19.0 Å². The molecule has 1 amide bonds. The zero-order valence-electron chi connectivity index (χ0n) is 8.63. The fraction of sp³-hybridized carbons (Fsp3) is 0.556. The highest BCUT2D eigenvalue weighted by Gasteiger charge is 2.33. The van der Waals surface area contributed by atoms with Crippen LogP contribution in [0.2, 0.25) is 0 Å². The summed E-state index contributed by atoms with van der Waals surface area (Å²) >= 11 is 5.95. The molecule has 86 valence electrons. The summed E-state index contributed by atoms with van der Waals surface area (Å²) in [6, 6.07) is 0.351. The molecule has 0 atom stereocenters. The Morgan fingerprint density at radius 3 is 2.94 bits per heavy atom. The van der Waals surface area contributed by atoms with E-state index >= 15 is 0 Å². The summed E-state index contributed by atoms with van der Waals surface area (Å²) in [5.74, 6) is -0.00579. The highest BCUT2D eigenvalue weighted by molar-refractivity contribution is 7.80. The number of hydrogen-bond donors (Lipinski definition) is 1. The topological polar surface area (TPSA) is 72.1 Å². The molecule has 5 nitrogen and oxygen atoms in total. The van der Waals surface area contributed by atoms with E-state index in [1.165, 1.54) is 6.20 Å². The Bertz CT molecular complexity index is 388. The van der Waals surface area contributed by atoms with Crippen LogP contribution in [0, 0.1) is 0 Å². The van der Waals surface area contributed by atoms with Crippen molar-refractivity contribution >= 4 is 34.6 Å². The Kier molecular flexibility index (Phi) is 3.45. The van der Waals surface area contributed by atoms with Gasteiger partial charge in [0.2, 0.25) is 0 Å². The van der Waals surface area contributed by atoms with Crippen molar-refractivity contribution in [1.29, 1.82) is 0 Å². The zero-order valence-corrected chi connectivity index (χ0v) is 10.3. The maximum Gasteiger partial charge on any atom is 0.267 e.